The van der Waals surface area contributed by atoms with Gasteiger partial charge in [0.2, 0.25) is 0 Å². The van der Waals surface area contributed by atoms with Gasteiger partial charge in [0.05, 0.1) is 11.2 Å². The number of nitrogens with zero attached hydrogens (tertiary/aromatic N) is 1. The summed E-state index contributed by atoms with van der Waals surface area (Å²) in [6.07, 6.45) is 0. The minimum absolute atomic E-state index is 0.0546. The quantitative estimate of drug-likeness (QED) is 0.826. The second-order valence-electron chi connectivity index (χ2n) is 6.45. The smallest absolute Gasteiger partial charge is 0.261 e. The van der Waals surface area contributed by atoms with Gasteiger partial charge in [-0.1, -0.05) is 6.07 Å². The Bertz CT molecular complexity index is 500. The maximum absolute atomic E-state index is 12.6. The van der Waals surface area contributed by atoms with Gasteiger partial charge in [-0.25, -0.2) is 0 Å². The number of carbonyl (C=O) groups is 1. The van der Waals surface area contributed by atoms with Gasteiger partial charge >= 0.3 is 0 Å². The molecule has 0 atom stereocenters. The number of morpholine rings is 1. The number of phenols is 2. The van der Waals surface area contributed by atoms with E-state index in [0.29, 0.717) is 13.1 Å². The van der Waals surface area contributed by atoms with E-state index in [0.717, 1.165) is 0 Å². The fourth-order valence-electron chi connectivity index (χ4n) is 2.84. The minimum Gasteiger partial charge on any atom is -0.507 e. The van der Waals surface area contributed by atoms with Gasteiger partial charge < -0.3 is 19.8 Å². The van der Waals surface area contributed by atoms with E-state index in [1.807, 2.05) is 27.7 Å². The number of hydrogen-bond donors (Lipinski definition) is 2. The Labute approximate surface area is 118 Å². The average Bonchev–Trinajstić information content (AvgIpc) is 2.24. The zero-order chi connectivity index (χ0) is 15.1. The Balaban J connectivity index is 2.34. The first-order chi connectivity index (χ1) is 9.11. The van der Waals surface area contributed by atoms with Crippen LogP contribution in [-0.4, -0.2) is 45.3 Å². The third-order valence-corrected chi connectivity index (χ3v) is 3.22. The third-order valence-electron chi connectivity index (χ3n) is 3.22. The normalized spacial score (nSPS) is 20.7. The highest BCUT2D eigenvalue weighted by atomic mass is 16.5. The second kappa shape index (κ2) is 4.66. The minimum atomic E-state index is -0.475. The van der Waals surface area contributed by atoms with Crippen molar-refractivity contribution >= 4 is 5.91 Å². The van der Waals surface area contributed by atoms with E-state index in [-0.39, 0.29) is 23.0 Å². The first-order valence-corrected chi connectivity index (χ1v) is 6.62. The molecule has 5 nitrogen and oxygen atoms in total. The Morgan fingerprint density at radius 3 is 2.00 bits per heavy atom. The second-order valence-corrected chi connectivity index (χ2v) is 6.45. The molecule has 0 aliphatic carbocycles. The van der Waals surface area contributed by atoms with Gasteiger partial charge in [-0.15, -0.1) is 0 Å². The summed E-state index contributed by atoms with van der Waals surface area (Å²) in [5.74, 6) is -0.806. The lowest BCUT2D eigenvalue weighted by Gasteiger charge is -2.47. The van der Waals surface area contributed by atoms with E-state index in [4.69, 9.17) is 4.74 Å². The van der Waals surface area contributed by atoms with Crippen LogP contribution >= 0.6 is 0 Å². The van der Waals surface area contributed by atoms with Crippen molar-refractivity contribution in [2.24, 2.45) is 0 Å². The molecule has 1 amide bonds. The molecule has 110 valence electrons. The summed E-state index contributed by atoms with van der Waals surface area (Å²) in [7, 11) is 0. The molecule has 2 N–H and O–H groups in total. The van der Waals surface area contributed by atoms with E-state index >= 15 is 0 Å². The number of aromatic hydroxyl groups is 2. The van der Waals surface area contributed by atoms with Gasteiger partial charge in [0.1, 0.15) is 17.1 Å². The maximum Gasteiger partial charge on any atom is 0.261 e. The molecule has 5 heteroatoms. The van der Waals surface area contributed by atoms with Gasteiger partial charge in [-0.3, -0.25) is 4.79 Å². The molecular formula is C15H21NO4. The van der Waals surface area contributed by atoms with E-state index in [2.05, 4.69) is 0 Å². The van der Waals surface area contributed by atoms with Crippen LogP contribution in [-0.2, 0) is 4.74 Å². The SMILES string of the molecule is CC1(C)CN(C(=O)c2c(O)cccc2O)CC(C)(C)O1. The predicted octanol–water partition coefficient (Wildman–Crippen LogP) is 2.13. The van der Waals surface area contributed by atoms with Crippen LogP contribution in [0.5, 0.6) is 11.5 Å². The predicted molar refractivity (Wildman–Crippen MR) is 74.9 cm³/mol. The molecule has 2 rings (SSSR count). The van der Waals surface area contributed by atoms with Crippen molar-refractivity contribution in [2.75, 3.05) is 13.1 Å². The monoisotopic (exact) mass is 279 g/mol. The zero-order valence-corrected chi connectivity index (χ0v) is 12.3. The molecule has 0 unspecified atom stereocenters. The van der Waals surface area contributed by atoms with Crippen LogP contribution in [0.25, 0.3) is 0 Å². The van der Waals surface area contributed by atoms with Crippen molar-refractivity contribution in [3.63, 3.8) is 0 Å². The van der Waals surface area contributed by atoms with Crippen LogP contribution in [0.3, 0.4) is 0 Å². The summed E-state index contributed by atoms with van der Waals surface area (Å²) < 4.78 is 5.92. The number of carbonyl (C=O) groups excluding carboxylic acids is 1. The number of benzene rings is 1. The summed E-state index contributed by atoms with van der Waals surface area (Å²) in [6, 6.07) is 4.28. The first-order valence-electron chi connectivity index (χ1n) is 6.62. The van der Waals surface area contributed by atoms with Gasteiger partial charge in [-0.2, -0.15) is 0 Å². The zero-order valence-electron chi connectivity index (χ0n) is 12.3. The highest BCUT2D eigenvalue weighted by Crippen LogP contribution is 2.32. The first kappa shape index (κ1) is 14.7. The largest absolute Gasteiger partial charge is 0.507 e. The van der Waals surface area contributed by atoms with Crippen LogP contribution < -0.4 is 0 Å². The number of hydrogen-bond acceptors (Lipinski definition) is 4. The number of phenolic OH excluding ortho intramolecular Hbond substituents is 2. The van der Waals surface area contributed by atoms with Gasteiger partial charge in [0.25, 0.3) is 5.91 Å². The summed E-state index contributed by atoms with van der Waals surface area (Å²) in [4.78, 5) is 14.2. The molecule has 20 heavy (non-hydrogen) atoms. The van der Waals surface area contributed by atoms with Crippen molar-refractivity contribution in [3.8, 4) is 11.5 Å². The molecule has 1 saturated heterocycles. The summed E-state index contributed by atoms with van der Waals surface area (Å²) in [5.41, 5.74) is -1.00. The summed E-state index contributed by atoms with van der Waals surface area (Å²) in [6.45, 7) is 8.47. The molecule has 0 aromatic heterocycles. The van der Waals surface area contributed by atoms with Crippen molar-refractivity contribution < 1.29 is 19.7 Å². The molecule has 1 aliphatic rings. The Kier molecular flexibility index (Phi) is 3.42. The molecule has 1 heterocycles. The molecular weight excluding hydrogens is 258 g/mol. The van der Waals surface area contributed by atoms with Crippen LogP contribution in [0.1, 0.15) is 38.1 Å². The van der Waals surface area contributed by atoms with Crippen LogP contribution in [0.2, 0.25) is 0 Å². The van der Waals surface area contributed by atoms with Gasteiger partial charge in [0.15, 0.2) is 0 Å². The molecule has 1 aromatic rings. The molecule has 0 radical (unpaired) electrons. The van der Waals surface area contributed by atoms with Crippen LogP contribution in [0.15, 0.2) is 18.2 Å². The van der Waals surface area contributed by atoms with Crippen molar-refractivity contribution in [3.05, 3.63) is 23.8 Å². The van der Waals surface area contributed by atoms with Crippen molar-refractivity contribution in [1.29, 1.82) is 0 Å². The van der Waals surface area contributed by atoms with Gasteiger partial charge in [0, 0.05) is 13.1 Å². The fraction of sp³-hybridized carbons (Fsp3) is 0.533. The summed E-state index contributed by atoms with van der Waals surface area (Å²) in [5, 5.41) is 19.6. The number of rotatable bonds is 1. The molecule has 1 fully saturated rings. The lowest BCUT2D eigenvalue weighted by atomic mass is 9.98. The lowest BCUT2D eigenvalue weighted by molar-refractivity contribution is -0.171. The number of ether oxygens (including phenoxy) is 1. The van der Waals surface area contributed by atoms with E-state index in [1.165, 1.54) is 18.2 Å². The van der Waals surface area contributed by atoms with E-state index in [1.54, 1.807) is 4.90 Å². The van der Waals surface area contributed by atoms with Crippen molar-refractivity contribution in [2.45, 2.75) is 38.9 Å². The Morgan fingerprint density at radius 1 is 1.10 bits per heavy atom. The van der Waals surface area contributed by atoms with Gasteiger partial charge in [-0.05, 0) is 39.8 Å². The third kappa shape index (κ3) is 2.88. The maximum atomic E-state index is 12.6. The van der Waals surface area contributed by atoms with E-state index in [9.17, 15) is 15.0 Å². The molecule has 0 spiro atoms. The molecule has 1 aliphatic heterocycles. The number of amides is 1. The molecule has 0 saturated carbocycles. The fourth-order valence-corrected chi connectivity index (χ4v) is 2.84. The topological polar surface area (TPSA) is 70.0 Å². The molecule has 1 aromatic carbocycles. The molecule has 0 bridgehead atoms. The van der Waals surface area contributed by atoms with Crippen molar-refractivity contribution in [1.82, 2.24) is 4.90 Å². The highest BCUT2D eigenvalue weighted by molar-refractivity contribution is 5.99. The standard InChI is InChI=1S/C15H21NO4/c1-14(2)8-16(9-15(3,4)20-14)13(19)12-10(17)6-5-7-11(12)18/h5-7,17-18H,8-9H2,1-4H3. The van der Waals surface area contributed by atoms with Crippen LogP contribution in [0, 0.1) is 0 Å². The van der Waals surface area contributed by atoms with E-state index < -0.39 is 11.2 Å². The van der Waals surface area contributed by atoms with Crippen LogP contribution in [0.4, 0.5) is 0 Å². The lowest BCUT2D eigenvalue weighted by Crippen LogP contribution is -2.58. The average molecular weight is 279 g/mol. The highest BCUT2D eigenvalue weighted by Gasteiger charge is 2.41. The summed E-state index contributed by atoms with van der Waals surface area (Å²) >= 11 is 0. The Morgan fingerprint density at radius 2 is 1.55 bits per heavy atom. The Hall–Kier alpha value is -1.75.